The maximum Gasteiger partial charge on any atom is 0.306 e. The molecule has 3 aliphatic rings. The molecule has 1 heterocycles. The van der Waals surface area contributed by atoms with Crippen LogP contribution in [-0.2, 0) is 11.3 Å². The highest BCUT2D eigenvalue weighted by molar-refractivity contribution is 5.70. The second-order valence-corrected chi connectivity index (χ2v) is 8.34. The summed E-state index contributed by atoms with van der Waals surface area (Å²) in [6.07, 6.45) is 6.38. The predicted molar refractivity (Wildman–Crippen MR) is 98.2 cm³/mol. The van der Waals surface area contributed by atoms with Gasteiger partial charge in [-0.15, -0.1) is 0 Å². The first-order valence-corrected chi connectivity index (χ1v) is 9.94. The van der Waals surface area contributed by atoms with E-state index in [0.717, 1.165) is 44.1 Å². The topological polar surface area (TPSA) is 52.6 Å². The summed E-state index contributed by atoms with van der Waals surface area (Å²) in [5.74, 6) is 0.909. The Morgan fingerprint density at radius 1 is 1.04 bits per heavy atom. The van der Waals surface area contributed by atoms with Crippen molar-refractivity contribution in [1.29, 1.82) is 0 Å². The van der Waals surface area contributed by atoms with Crippen LogP contribution in [0.5, 0.6) is 0 Å². The Hall–Kier alpha value is -1.39. The van der Waals surface area contributed by atoms with Gasteiger partial charge in [-0.3, -0.25) is 9.69 Å². The number of carbonyl (C=O) groups is 1. The van der Waals surface area contributed by atoms with Crippen LogP contribution in [-0.4, -0.2) is 41.1 Å². The van der Waals surface area contributed by atoms with Crippen LogP contribution >= 0.6 is 0 Å². The smallest absolute Gasteiger partial charge is 0.306 e. The molecule has 4 heteroatoms. The summed E-state index contributed by atoms with van der Waals surface area (Å²) in [5.41, 5.74) is 1.42. The zero-order valence-corrected chi connectivity index (χ0v) is 14.9. The SMILES string of the molecule is O=C(O)C1CCC(NC2CCC3CN(Cc4ccccc4)CC32)CC1. The van der Waals surface area contributed by atoms with Crippen molar-refractivity contribution >= 4 is 5.97 Å². The van der Waals surface area contributed by atoms with Gasteiger partial charge in [-0.05, 0) is 55.9 Å². The van der Waals surface area contributed by atoms with Crippen molar-refractivity contribution in [1.82, 2.24) is 10.2 Å². The van der Waals surface area contributed by atoms with Crippen molar-refractivity contribution < 1.29 is 9.90 Å². The van der Waals surface area contributed by atoms with Gasteiger partial charge in [-0.1, -0.05) is 30.3 Å². The molecule has 1 aromatic carbocycles. The predicted octanol–water partition coefficient (Wildman–Crippen LogP) is 3.13. The largest absolute Gasteiger partial charge is 0.481 e. The number of fused-ring (bicyclic) bond motifs is 1. The maximum atomic E-state index is 11.1. The number of carboxylic acids is 1. The number of hydrogen-bond donors (Lipinski definition) is 2. The van der Waals surface area contributed by atoms with Gasteiger partial charge in [-0.2, -0.15) is 0 Å². The van der Waals surface area contributed by atoms with Crippen LogP contribution in [0.3, 0.4) is 0 Å². The summed E-state index contributed by atoms with van der Waals surface area (Å²) < 4.78 is 0. The minimum absolute atomic E-state index is 0.109. The maximum absolute atomic E-state index is 11.1. The first-order valence-electron chi connectivity index (χ1n) is 9.94. The van der Waals surface area contributed by atoms with Gasteiger partial charge < -0.3 is 10.4 Å². The Labute approximate surface area is 150 Å². The lowest BCUT2D eigenvalue weighted by Crippen LogP contribution is -2.44. The molecule has 2 N–H and O–H groups in total. The van der Waals surface area contributed by atoms with Crippen molar-refractivity contribution in [3.05, 3.63) is 35.9 Å². The molecule has 3 unspecified atom stereocenters. The van der Waals surface area contributed by atoms with Crippen LogP contribution in [0.4, 0.5) is 0 Å². The molecule has 0 radical (unpaired) electrons. The highest BCUT2D eigenvalue weighted by Crippen LogP contribution is 2.39. The molecule has 0 bridgehead atoms. The van der Waals surface area contributed by atoms with Crippen molar-refractivity contribution in [2.45, 2.75) is 57.2 Å². The average molecular weight is 342 g/mol. The minimum atomic E-state index is -0.605. The van der Waals surface area contributed by atoms with E-state index in [1.54, 1.807) is 0 Å². The molecular weight excluding hydrogens is 312 g/mol. The molecule has 25 heavy (non-hydrogen) atoms. The van der Waals surface area contributed by atoms with E-state index in [1.807, 2.05) is 0 Å². The van der Waals surface area contributed by atoms with E-state index >= 15 is 0 Å². The van der Waals surface area contributed by atoms with E-state index in [1.165, 1.54) is 31.5 Å². The number of carboxylic acid groups (broad SMARTS) is 1. The first-order chi connectivity index (χ1) is 12.2. The van der Waals surface area contributed by atoms with E-state index in [4.69, 9.17) is 5.11 Å². The van der Waals surface area contributed by atoms with Crippen molar-refractivity contribution in [2.24, 2.45) is 17.8 Å². The Bertz CT molecular complexity index is 583. The lowest BCUT2D eigenvalue weighted by atomic mass is 9.85. The fourth-order valence-corrected chi connectivity index (χ4v) is 5.35. The third-order valence-electron chi connectivity index (χ3n) is 6.71. The monoisotopic (exact) mass is 342 g/mol. The molecule has 0 amide bonds. The van der Waals surface area contributed by atoms with Gasteiger partial charge in [0.25, 0.3) is 0 Å². The Morgan fingerprint density at radius 3 is 2.52 bits per heavy atom. The van der Waals surface area contributed by atoms with Crippen LogP contribution in [0.1, 0.15) is 44.1 Å². The number of benzene rings is 1. The number of hydrogen-bond acceptors (Lipinski definition) is 3. The number of aliphatic carboxylic acids is 1. The molecule has 1 aliphatic heterocycles. The summed E-state index contributed by atoms with van der Waals surface area (Å²) in [6.45, 7) is 3.52. The van der Waals surface area contributed by atoms with Gasteiger partial charge in [0.1, 0.15) is 0 Å². The van der Waals surface area contributed by atoms with Crippen LogP contribution in [0.15, 0.2) is 30.3 Å². The first kappa shape index (κ1) is 17.0. The number of rotatable bonds is 5. The van der Waals surface area contributed by atoms with Crippen molar-refractivity contribution in [3.8, 4) is 0 Å². The van der Waals surface area contributed by atoms with E-state index in [-0.39, 0.29) is 5.92 Å². The second-order valence-electron chi connectivity index (χ2n) is 8.34. The molecule has 4 nitrogen and oxygen atoms in total. The Balaban J connectivity index is 1.28. The van der Waals surface area contributed by atoms with Gasteiger partial charge >= 0.3 is 5.97 Å². The van der Waals surface area contributed by atoms with E-state index < -0.39 is 5.97 Å². The minimum Gasteiger partial charge on any atom is -0.481 e. The van der Waals surface area contributed by atoms with Crippen LogP contribution in [0.2, 0.25) is 0 Å². The zero-order valence-electron chi connectivity index (χ0n) is 14.9. The van der Waals surface area contributed by atoms with Crippen molar-refractivity contribution in [2.75, 3.05) is 13.1 Å². The van der Waals surface area contributed by atoms with E-state index in [0.29, 0.717) is 12.1 Å². The molecule has 2 saturated carbocycles. The highest BCUT2D eigenvalue weighted by atomic mass is 16.4. The molecule has 2 aliphatic carbocycles. The van der Waals surface area contributed by atoms with Gasteiger partial charge in [0.2, 0.25) is 0 Å². The van der Waals surface area contributed by atoms with Gasteiger partial charge in [0.15, 0.2) is 0 Å². The average Bonchev–Trinajstić information content (AvgIpc) is 3.18. The van der Waals surface area contributed by atoms with Crippen LogP contribution in [0, 0.1) is 17.8 Å². The van der Waals surface area contributed by atoms with Gasteiger partial charge in [0, 0.05) is 31.7 Å². The zero-order chi connectivity index (χ0) is 17.2. The van der Waals surface area contributed by atoms with Crippen molar-refractivity contribution in [3.63, 3.8) is 0 Å². The fourth-order valence-electron chi connectivity index (χ4n) is 5.35. The lowest BCUT2D eigenvalue weighted by Gasteiger charge is -2.31. The summed E-state index contributed by atoms with van der Waals surface area (Å²) >= 11 is 0. The summed E-state index contributed by atoms with van der Waals surface area (Å²) in [7, 11) is 0. The standard InChI is InChI=1S/C21H30N2O2/c24-21(25)16-6-9-18(10-7-16)22-20-11-8-17-13-23(14-19(17)20)12-15-4-2-1-3-5-15/h1-5,16-20,22H,6-14H2,(H,24,25). The normalized spacial score (nSPS) is 35.6. The quantitative estimate of drug-likeness (QED) is 0.863. The van der Waals surface area contributed by atoms with Crippen LogP contribution < -0.4 is 5.32 Å². The third-order valence-corrected chi connectivity index (χ3v) is 6.71. The second kappa shape index (κ2) is 7.46. The molecule has 1 aromatic rings. The number of likely N-dealkylation sites (tertiary alicyclic amines) is 1. The Kier molecular flexibility index (Phi) is 5.09. The highest BCUT2D eigenvalue weighted by Gasteiger charge is 2.43. The van der Waals surface area contributed by atoms with Gasteiger partial charge in [0.05, 0.1) is 5.92 Å². The summed E-state index contributed by atoms with van der Waals surface area (Å²) in [4.78, 5) is 13.7. The van der Waals surface area contributed by atoms with Gasteiger partial charge in [-0.25, -0.2) is 0 Å². The number of nitrogens with one attached hydrogen (secondary N) is 1. The molecule has 1 saturated heterocycles. The fraction of sp³-hybridized carbons (Fsp3) is 0.667. The molecule has 0 spiro atoms. The summed E-state index contributed by atoms with van der Waals surface area (Å²) in [5, 5.41) is 13.1. The molecule has 4 rings (SSSR count). The molecular formula is C21H30N2O2. The molecule has 0 aromatic heterocycles. The summed E-state index contributed by atoms with van der Waals surface area (Å²) in [6, 6.07) is 12.0. The number of nitrogens with zero attached hydrogens (tertiary/aromatic N) is 1. The van der Waals surface area contributed by atoms with Crippen LogP contribution in [0.25, 0.3) is 0 Å². The van der Waals surface area contributed by atoms with E-state index in [2.05, 4.69) is 40.5 Å². The third kappa shape index (κ3) is 3.90. The molecule has 136 valence electrons. The molecule has 3 atom stereocenters. The van der Waals surface area contributed by atoms with E-state index in [9.17, 15) is 4.79 Å². The lowest BCUT2D eigenvalue weighted by molar-refractivity contribution is -0.142. The Morgan fingerprint density at radius 2 is 1.80 bits per heavy atom. The molecule has 3 fully saturated rings.